The summed E-state index contributed by atoms with van der Waals surface area (Å²) >= 11 is 4.28. The van der Waals surface area contributed by atoms with E-state index in [1.165, 1.54) is 27.0 Å². The van der Waals surface area contributed by atoms with Gasteiger partial charge in [0.25, 0.3) is 0 Å². The summed E-state index contributed by atoms with van der Waals surface area (Å²) in [5.74, 6) is 1.23. The van der Waals surface area contributed by atoms with E-state index in [2.05, 4.69) is 59.3 Å². The molecule has 1 nitrogen and oxygen atoms in total. The van der Waals surface area contributed by atoms with Gasteiger partial charge in [0, 0.05) is 15.8 Å². The average Bonchev–Trinajstić information content (AvgIpc) is 2.18. The van der Waals surface area contributed by atoms with Gasteiger partial charge in [0.1, 0.15) is 0 Å². The molecule has 14 heavy (non-hydrogen) atoms. The number of thioether (sulfide) groups is 1. The van der Waals surface area contributed by atoms with Crippen LogP contribution in [-0.2, 0) is 0 Å². The summed E-state index contributed by atoms with van der Waals surface area (Å²) < 4.78 is 1.33. The number of nitrogens with one attached hydrogen (secondary N) is 1. The van der Waals surface area contributed by atoms with Crippen molar-refractivity contribution in [1.29, 1.82) is 0 Å². The Balaban J connectivity index is 2.39. The van der Waals surface area contributed by atoms with Gasteiger partial charge in [-0.1, -0.05) is 6.07 Å². The highest BCUT2D eigenvalue weighted by atomic mass is 127. The fraction of sp³-hybridized carbons (Fsp3) is 0.455. The van der Waals surface area contributed by atoms with Crippen LogP contribution in [0.1, 0.15) is 12.0 Å². The largest absolute Gasteiger partial charge is 0.385 e. The maximum absolute atomic E-state index is 3.43. The summed E-state index contributed by atoms with van der Waals surface area (Å²) in [5.41, 5.74) is 2.58. The third-order valence-electron chi connectivity index (χ3n) is 2.03. The predicted molar refractivity (Wildman–Crippen MR) is 75.4 cm³/mol. The van der Waals surface area contributed by atoms with Gasteiger partial charge in [-0.2, -0.15) is 11.8 Å². The molecule has 0 saturated carbocycles. The SMILES string of the molecule is CSCCCNc1ccc(C)c(I)c1. The zero-order valence-electron chi connectivity index (χ0n) is 8.64. The monoisotopic (exact) mass is 321 g/mol. The molecular formula is C11H16INS. The fourth-order valence-electron chi connectivity index (χ4n) is 1.15. The molecule has 0 aliphatic heterocycles. The lowest BCUT2D eigenvalue weighted by atomic mass is 10.2. The van der Waals surface area contributed by atoms with Gasteiger partial charge in [-0.15, -0.1) is 0 Å². The van der Waals surface area contributed by atoms with E-state index in [0.29, 0.717) is 0 Å². The predicted octanol–water partition coefficient (Wildman–Crippen LogP) is 3.76. The minimum absolute atomic E-state index is 1.07. The van der Waals surface area contributed by atoms with Crippen LogP contribution in [0.5, 0.6) is 0 Å². The van der Waals surface area contributed by atoms with Gasteiger partial charge < -0.3 is 5.32 Å². The molecule has 0 saturated heterocycles. The highest BCUT2D eigenvalue weighted by molar-refractivity contribution is 14.1. The van der Waals surface area contributed by atoms with Crippen molar-refractivity contribution in [3.8, 4) is 0 Å². The Morgan fingerprint density at radius 2 is 2.21 bits per heavy atom. The van der Waals surface area contributed by atoms with Crippen molar-refractivity contribution in [2.24, 2.45) is 0 Å². The Labute approximate surface area is 104 Å². The van der Waals surface area contributed by atoms with Crippen LogP contribution in [0, 0.1) is 10.5 Å². The molecule has 0 spiro atoms. The molecule has 0 aliphatic carbocycles. The van der Waals surface area contributed by atoms with Crippen molar-refractivity contribution in [3.05, 3.63) is 27.3 Å². The average molecular weight is 321 g/mol. The molecule has 0 unspecified atom stereocenters. The van der Waals surface area contributed by atoms with Crippen LogP contribution in [0.25, 0.3) is 0 Å². The molecule has 1 aromatic carbocycles. The summed E-state index contributed by atoms with van der Waals surface area (Å²) in [6.45, 7) is 3.21. The molecule has 0 atom stereocenters. The lowest BCUT2D eigenvalue weighted by Gasteiger charge is -2.07. The number of hydrogen-bond acceptors (Lipinski definition) is 2. The molecule has 0 aromatic heterocycles. The Kier molecular flexibility index (Phi) is 5.70. The third-order valence-corrected chi connectivity index (χ3v) is 3.89. The van der Waals surface area contributed by atoms with Crippen LogP contribution in [0.15, 0.2) is 18.2 Å². The lowest BCUT2D eigenvalue weighted by Crippen LogP contribution is -2.02. The second-order valence-corrected chi connectivity index (χ2v) is 5.38. The standard InChI is InChI=1S/C11H16INS/c1-9-4-5-10(8-11(9)12)13-6-3-7-14-2/h4-5,8,13H,3,6-7H2,1-2H3. The normalized spacial score (nSPS) is 10.2. The zero-order chi connectivity index (χ0) is 10.4. The number of rotatable bonds is 5. The van der Waals surface area contributed by atoms with Crippen molar-refractivity contribution >= 4 is 40.0 Å². The van der Waals surface area contributed by atoms with E-state index in [1.807, 2.05) is 11.8 Å². The molecule has 0 amide bonds. The van der Waals surface area contributed by atoms with Crippen molar-refractivity contribution < 1.29 is 0 Å². The Morgan fingerprint density at radius 3 is 2.86 bits per heavy atom. The van der Waals surface area contributed by atoms with E-state index in [9.17, 15) is 0 Å². The van der Waals surface area contributed by atoms with Crippen LogP contribution in [0.3, 0.4) is 0 Å². The highest BCUT2D eigenvalue weighted by Gasteiger charge is 1.96. The van der Waals surface area contributed by atoms with Crippen molar-refractivity contribution in [3.63, 3.8) is 0 Å². The zero-order valence-corrected chi connectivity index (χ0v) is 11.6. The summed E-state index contributed by atoms with van der Waals surface area (Å²) in [7, 11) is 0. The van der Waals surface area contributed by atoms with Gasteiger partial charge in [-0.25, -0.2) is 0 Å². The lowest BCUT2D eigenvalue weighted by molar-refractivity contribution is 0.993. The van der Waals surface area contributed by atoms with E-state index >= 15 is 0 Å². The molecule has 1 N–H and O–H groups in total. The van der Waals surface area contributed by atoms with Crippen LogP contribution < -0.4 is 5.32 Å². The highest BCUT2D eigenvalue weighted by Crippen LogP contribution is 2.16. The first-order valence-electron chi connectivity index (χ1n) is 4.73. The van der Waals surface area contributed by atoms with Crippen LogP contribution >= 0.6 is 34.4 Å². The van der Waals surface area contributed by atoms with E-state index in [1.54, 1.807) is 0 Å². The third kappa shape index (κ3) is 4.09. The van der Waals surface area contributed by atoms with Crippen LogP contribution in [0.2, 0.25) is 0 Å². The first kappa shape index (κ1) is 12.2. The smallest absolute Gasteiger partial charge is 0.0350 e. The number of halogens is 1. The number of aryl methyl sites for hydroxylation is 1. The van der Waals surface area contributed by atoms with E-state index < -0.39 is 0 Å². The molecular weight excluding hydrogens is 305 g/mol. The Hall–Kier alpha value is 0.100. The molecule has 0 heterocycles. The van der Waals surface area contributed by atoms with E-state index in [0.717, 1.165) is 6.54 Å². The van der Waals surface area contributed by atoms with Gasteiger partial charge in [0.15, 0.2) is 0 Å². The van der Waals surface area contributed by atoms with Gasteiger partial charge in [0.05, 0.1) is 0 Å². The minimum atomic E-state index is 1.07. The summed E-state index contributed by atoms with van der Waals surface area (Å²) in [6.07, 6.45) is 3.38. The fourth-order valence-corrected chi connectivity index (χ4v) is 2.10. The topological polar surface area (TPSA) is 12.0 Å². The van der Waals surface area contributed by atoms with Crippen LogP contribution in [-0.4, -0.2) is 18.6 Å². The minimum Gasteiger partial charge on any atom is -0.385 e. The van der Waals surface area contributed by atoms with Crippen molar-refractivity contribution in [2.75, 3.05) is 23.9 Å². The second kappa shape index (κ2) is 6.56. The molecule has 0 fully saturated rings. The number of hydrogen-bond donors (Lipinski definition) is 1. The summed E-state index contributed by atoms with van der Waals surface area (Å²) in [4.78, 5) is 0. The maximum atomic E-state index is 3.43. The first-order chi connectivity index (χ1) is 6.74. The summed E-state index contributed by atoms with van der Waals surface area (Å²) in [6, 6.07) is 6.52. The number of anilines is 1. The van der Waals surface area contributed by atoms with Crippen LogP contribution in [0.4, 0.5) is 5.69 Å². The van der Waals surface area contributed by atoms with E-state index in [-0.39, 0.29) is 0 Å². The molecule has 0 bridgehead atoms. The molecule has 0 aliphatic rings. The molecule has 78 valence electrons. The van der Waals surface area contributed by atoms with E-state index in [4.69, 9.17) is 0 Å². The molecule has 1 aromatic rings. The van der Waals surface area contributed by atoms with Gasteiger partial charge >= 0.3 is 0 Å². The molecule has 3 heteroatoms. The van der Waals surface area contributed by atoms with Gasteiger partial charge in [-0.05, 0) is 65.6 Å². The Bertz CT molecular complexity index is 289. The quantitative estimate of drug-likeness (QED) is 0.654. The number of benzene rings is 1. The van der Waals surface area contributed by atoms with Gasteiger partial charge in [0.2, 0.25) is 0 Å². The van der Waals surface area contributed by atoms with Crippen molar-refractivity contribution in [2.45, 2.75) is 13.3 Å². The van der Waals surface area contributed by atoms with Crippen molar-refractivity contribution in [1.82, 2.24) is 0 Å². The molecule has 1 rings (SSSR count). The first-order valence-corrected chi connectivity index (χ1v) is 7.20. The maximum Gasteiger partial charge on any atom is 0.0350 e. The molecule has 0 radical (unpaired) electrons. The second-order valence-electron chi connectivity index (χ2n) is 3.24. The summed E-state index contributed by atoms with van der Waals surface area (Å²) in [5, 5.41) is 3.43. The van der Waals surface area contributed by atoms with Gasteiger partial charge in [-0.3, -0.25) is 0 Å². The Morgan fingerprint density at radius 1 is 1.43 bits per heavy atom.